The smallest absolute Gasteiger partial charge is 0.247 e. The van der Waals surface area contributed by atoms with Crippen molar-refractivity contribution in [1.82, 2.24) is 15.4 Å². The second-order valence-electron chi connectivity index (χ2n) is 8.45. The highest BCUT2D eigenvalue weighted by Crippen LogP contribution is 2.27. The van der Waals surface area contributed by atoms with Crippen molar-refractivity contribution in [1.29, 1.82) is 0 Å². The number of anilines is 1. The Morgan fingerprint density at radius 1 is 1.21 bits per heavy atom. The molecule has 0 radical (unpaired) electrons. The molecule has 1 saturated carbocycles. The third-order valence-corrected chi connectivity index (χ3v) is 5.85. The van der Waals surface area contributed by atoms with E-state index in [1.807, 2.05) is 31.2 Å². The van der Waals surface area contributed by atoms with Gasteiger partial charge in [-0.3, -0.25) is 14.4 Å². The van der Waals surface area contributed by atoms with Crippen LogP contribution >= 0.6 is 0 Å². The number of hydrogen-bond donors (Lipinski definition) is 2. The standard InChI is InChI=1S/C25H32N4O4/c1-4-15-29(23(31)14-13-22(30)27-21-16-18(3)33-28-21)24(20-12-8-5-9-17(20)2)25(32)26-19-10-6-7-11-19/h4-5,8-9,12,16,19,24H,1,6-7,10-11,13-15H2,2-3H3,(H,26,32)(H,27,28,30)/t24-/m1/s1. The minimum Gasteiger partial charge on any atom is -0.360 e. The van der Waals surface area contributed by atoms with E-state index in [0.717, 1.165) is 36.8 Å². The quantitative estimate of drug-likeness (QED) is 0.533. The first-order chi connectivity index (χ1) is 15.9. The van der Waals surface area contributed by atoms with E-state index in [0.29, 0.717) is 11.6 Å². The average molecular weight is 453 g/mol. The fourth-order valence-corrected chi connectivity index (χ4v) is 4.18. The molecule has 8 nitrogen and oxygen atoms in total. The third kappa shape index (κ3) is 6.54. The average Bonchev–Trinajstić information content (AvgIpc) is 3.44. The summed E-state index contributed by atoms with van der Waals surface area (Å²) in [4.78, 5) is 40.5. The fraction of sp³-hybridized carbons (Fsp3) is 0.440. The Bertz CT molecular complexity index is 994. The summed E-state index contributed by atoms with van der Waals surface area (Å²) in [6.07, 6.45) is 5.60. The highest BCUT2D eigenvalue weighted by Gasteiger charge is 2.33. The molecule has 1 atom stereocenters. The van der Waals surface area contributed by atoms with Crippen LogP contribution in [0.15, 0.2) is 47.5 Å². The normalized spacial score (nSPS) is 14.5. The molecule has 1 aromatic carbocycles. The molecule has 0 bridgehead atoms. The molecule has 176 valence electrons. The molecule has 33 heavy (non-hydrogen) atoms. The Kier molecular flexibility index (Phi) is 8.40. The van der Waals surface area contributed by atoms with Crippen LogP contribution in [0.3, 0.4) is 0 Å². The number of amides is 3. The minimum atomic E-state index is -0.793. The van der Waals surface area contributed by atoms with Crippen LogP contribution in [0, 0.1) is 13.8 Å². The van der Waals surface area contributed by atoms with Crippen LogP contribution in [0.1, 0.15) is 61.5 Å². The van der Waals surface area contributed by atoms with Gasteiger partial charge in [0, 0.05) is 31.5 Å². The van der Waals surface area contributed by atoms with Gasteiger partial charge in [-0.2, -0.15) is 0 Å². The summed E-state index contributed by atoms with van der Waals surface area (Å²) in [5, 5.41) is 9.48. The molecule has 1 aromatic heterocycles. The lowest BCUT2D eigenvalue weighted by atomic mass is 9.98. The monoisotopic (exact) mass is 452 g/mol. The lowest BCUT2D eigenvalue weighted by Crippen LogP contribution is -2.46. The van der Waals surface area contributed by atoms with E-state index in [9.17, 15) is 14.4 Å². The van der Waals surface area contributed by atoms with Gasteiger partial charge in [0.05, 0.1) is 0 Å². The summed E-state index contributed by atoms with van der Waals surface area (Å²) >= 11 is 0. The van der Waals surface area contributed by atoms with Crippen LogP contribution in [-0.2, 0) is 14.4 Å². The molecular formula is C25H32N4O4. The molecule has 1 heterocycles. The second-order valence-corrected chi connectivity index (χ2v) is 8.45. The van der Waals surface area contributed by atoms with Gasteiger partial charge in [0.15, 0.2) is 5.82 Å². The predicted molar refractivity (Wildman–Crippen MR) is 125 cm³/mol. The summed E-state index contributed by atoms with van der Waals surface area (Å²) in [6.45, 7) is 7.62. The van der Waals surface area contributed by atoms with Crippen molar-refractivity contribution in [3.8, 4) is 0 Å². The zero-order valence-electron chi connectivity index (χ0n) is 19.3. The topological polar surface area (TPSA) is 105 Å². The number of aryl methyl sites for hydroxylation is 2. The van der Waals surface area contributed by atoms with Gasteiger partial charge >= 0.3 is 0 Å². The van der Waals surface area contributed by atoms with Gasteiger partial charge in [0.2, 0.25) is 17.7 Å². The Morgan fingerprint density at radius 2 is 1.94 bits per heavy atom. The number of nitrogens with zero attached hydrogens (tertiary/aromatic N) is 2. The van der Waals surface area contributed by atoms with Crippen molar-refractivity contribution in [3.05, 3.63) is 59.9 Å². The molecule has 1 aliphatic rings. The van der Waals surface area contributed by atoms with Crippen molar-refractivity contribution in [2.75, 3.05) is 11.9 Å². The van der Waals surface area contributed by atoms with E-state index >= 15 is 0 Å². The summed E-state index contributed by atoms with van der Waals surface area (Å²) < 4.78 is 4.94. The Morgan fingerprint density at radius 3 is 2.58 bits per heavy atom. The lowest BCUT2D eigenvalue weighted by molar-refractivity contribution is -0.141. The van der Waals surface area contributed by atoms with E-state index in [2.05, 4.69) is 22.4 Å². The van der Waals surface area contributed by atoms with Gasteiger partial charge in [-0.15, -0.1) is 6.58 Å². The van der Waals surface area contributed by atoms with Crippen molar-refractivity contribution in [2.45, 2.75) is 64.5 Å². The number of hydrogen-bond acceptors (Lipinski definition) is 5. The van der Waals surface area contributed by atoms with Crippen LogP contribution in [0.5, 0.6) is 0 Å². The summed E-state index contributed by atoms with van der Waals surface area (Å²) in [7, 11) is 0. The van der Waals surface area contributed by atoms with E-state index in [1.54, 1.807) is 19.1 Å². The molecule has 0 aliphatic heterocycles. The molecule has 0 spiro atoms. The van der Waals surface area contributed by atoms with Crippen LogP contribution < -0.4 is 10.6 Å². The van der Waals surface area contributed by atoms with Crippen molar-refractivity contribution in [2.24, 2.45) is 0 Å². The van der Waals surface area contributed by atoms with Gasteiger partial charge in [0.25, 0.3) is 0 Å². The zero-order valence-corrected chi connectivity index (χ0v) is 19.3. The van der Waals surface area contributed by atoms with Crippen LogP contribution in [-0.4, -0.2) is 40.4 Å². The predicted octanol–water partition coefficient (Wildman–Crippen LogP) is 3.82. The van der Waals surface area contributed by atoms with E-state index in [-0.39, 0.29) is 43.1 Å². The van der Waals surface area contributed by atoms with Crippen LogP contribution in [0.2, 0.25) is 0 Å². The Labute approximate surface area is 194 Å². The van der Waals surface area contributed by atoms with Crippen molar-refractivity contribution < 1.29 is 18.9 Å². The SMILES string of the molecule is C=CCN(C(=O)CCC(=O)Nc1cc(C)on1)[C@@H](C(=O)NC1CCCC1)c1ccccc1C. The van der Waals surface area contributed by atoms with Gasteiger partial charge < -0.3 is 20.1 Å². The van der Waals surface area contributed by atoms with E-state index in [4.69, 9.17) is 4.52 Å². The highest BCUT2D eigenvalue weighted by atomic mass is 16.5. The molecular weight excluding hydrogens is 420 g/mol. The minimum absolute atomic E-state index is 0.0386. The number of carbonyl (C=O) groups excluding carboxylic acids is 3. The summed E-state index contributed by atoms with van der Waals surface area (Å²) in [5.41, 5.74) is 1.69. The van der Waals surface area contributed by atoms with Crippen LogP contribution in [0.4, 0.5) is 5.82 Å². The molecule has 8 heteroatoms. The van der Waals surface area contributed by atoms with Gasteiger partial charge in [-0.1, -0.05) is 48.3 Å². The summed E-state index contributed by atoms with van der Waals surface area (Å²) in [5.74, 6) is 0.0395. The molecule has 2 N–H and O–H groups in total. The fourth-order valence-electron chi connectivity index (χ4n) is 4.18. The van der Waals surface area contributed by atoms with E-state index < -0.39 is 6.04 Å². The maximum Gasteiger partial charge on any atom is 0.247 e. The molecule has 2 aromatic rings. The molecule has 1 fully saturated rings. The number of nitrogens with one attached hydrogen (secondary N) is 2. The van der Waals surface area contributed by atoms with E-state index in [1.165, 1.54) is 4.90 Å². The zero-order chi connectivity index (χ0) is 23.8. The Balaban J connectivity index is 1.76. The number of benzene rings is 1. The molecule has 3 amide bonds. The Hall–Kier alpha value is -3.42. The molecule has 0 unspecified atom stereocenters. The first kappa shape index (κ1) is 24.2. The lowest BCUT2D eigenvalue weighted by Gasteiger charge is -2.32. The van der Waals surface area contributed by atoms with Gasteiger partial charge in [-0.05, 0) is 37.8 Å². The maximum atomic E-state index is 13.4. The van der Waals surface area contributed by atoms with Crippen molar-refractivity contribution in [3.63, 3.8) is 0 Å². The van der Waals surface area contributed by atoms with Gasteiger partial charge in [0.1, 0.15) is 11.8 Å². The highest BCUT2D eigenvalue weighted by molar-refractivity contribution is 5.94. The second kappa shape index (κ2) is 11.4. The first-order valence-corrected chi connectivity index (χ1v) is 11.4. The number of carbonyl (C=O) groups is 3. The number of aromatic nitrogens is 1. The van der Waals surface area contributed by atoms with Gasteiger partial charge in [-0.25, -0.2) is 0 Å². The van der Waals surface area contributed by atoms with Crippen molar-refractivity contribution >= 4 is 23.5 Å². The molecule has 3 rings (SSSR count). The largest absolute Gasteiger partial charge is 0.360 e. The first-order valence-electron chi connectivity index (χ1n) is 11.4. The molecule has 1 aliphatic carbocycles. The summed E-state index contributed by atoms with van der Waals surface area (Å²) in [6, 6.07) is 8.50. The molecule has 0 saturated heterocycles. The maximum absolute atomic E-state index is 13.4. The van der Waals surface area contributed by atoms with Crippen LogP contribution in [0.25, 0.3) is 0 Å². The number of rotatable bonds is 10. The third-order valence-electron chi connectivity index (χ3n) is 5.85.